The first-order valence-corrected chi connectivity index (χ1v) is 6.07. The normalized spacial score (nSPS) is 35.1. The Labute approximate surface area is 110 Å². The average Bonchev–Trinajstić information content (AvgIpc) is 2.41. The Hall–Kier alpha value is -1.18. The Bertz CT molecular complexity index is 421. The van der Waals surface area contributed by atoms with Gasteiger partial charge in [0.05, 0.1) is 6.61 Å². The molecule has 1 saturated heterocycles. The summed E-state index contributed by atoms with van der Waals surface area (Å²) in [5.41, 5.74) is 0.847. The summed E-state index contributed by atoms with van der Waals surface area (Å²) in [5, 5.41) is 38.2. The Morgan fingerprint density at radius 2 is 1.79 bits per heavy atom. The summed E-state index contributed by atoms with van der Waals surface area (Å²) >= 11 is 0. The van der Waals surface area contributed by atoms with E-state index in [-0.39, 0.29) is 0 Å². The van der Waals surface area contributed by atoms with E-state index in [4.69, 9.17) is 14.6 Å². The summed E-state index contributed by atoms with van der Waals surface area (Å²) in [5.74, 6) is 0.506. The third-order valence-corrected chi connectivity index (χ3v) is 3.19. The number of ether oxygens (including phenoxy) is 2. The highest BCUT2D eigenvalue weighted by Gasteiger charge is 2.44. The molecule has 1 fully saturated rings. The second-order valence-electron chi connectivity index (χ2n) is 4.58. The maximum atomic E-state index is 9.83. The van der Waals surface area contributed by atoms with Crippen LogP contribution in [0.5, 0.6) is 5.75 Å². The van der Waals surface area contributed by atoms with Crippen LogP contribution in [-0.2, 0) is 4.74 Å². The average molecular weight is 270 g/mol. The fraction of sp³-hybridized carbons (Fsp3) is 0.538. The monoisotopic (exact) mass is 270 g/mol. The van der Waals surface area contributed by atoms with Gasteiger partial charge in [0.2, 0.25) is 6.29 Å². The van der Waals surface area contributed by atoms with Crippen molar-refractivity contribution in [1.82, 2.24) is 0 Å². The van der Waals surface area contributed by atoms with Crippen molar-refractivity contribution in [3.05, 3.63) is 29.8 Å². The van der Waals surface area contributed by atoms with Gasteiger partial charge in [-0.1, -0.05) is 18.2 Å². The molecule has 0 spiro atoms. The number of para-hydroxylation sites is 1. The Balaban J connectivity index is 2.13. The van der Waals surface area contributed by atoms with Crippen molar-refractivity contribution < 1.29 is 29.9 Å². The van der Waals surface area contributed by atoms with Gasteiger partial charge >= 0.3 is 0 Å². The van der Waals surface area contributed by atoms with Crippen LogP contribution in [0.1, 0.15) is 5.56 Å². The van der Waals surface area contributed by atoms with E-state index < -0.39 is 37.3 Å². The van der Waals surface area contributed by atoms with Gasteiger partial charge < -0.3 is 29.9 Å². The molecule has 0 radical (unpaired) electrons. The van der Waals surface area contributed by atoms with Gasteiger partial charge in [-0.05, 0) is 18.6 Å². The van der Waals surface area contributed by atoms with Gasteiger partial charge in [-0.15, -0.1) is 0 Å². The lowest BCUT2D eigenvalue weighted by atomic mass is 9.99. The molecule has 1 aliphatic heterocycles. The number of hydrogen-bond donors (Lipinski definition) is 4. The molecule has 0 aliphatic carbocycles. The van der Waals surface area contributed by atoms with Gasteiger partial charge in [-0.3, -0.25) is 0 Å². The second-order valence-corrected chi connectivity index (χ2v) is 4.58. The van der Waals surface area contributed by atoms with Crippen molar-refractivity contribution in [1.29, 1.82) is 0 Å². The summed E-state index contributed by atoms with van der Waals surface area (Å²) in [6, 6.07) is 7.15. The molecule has 0 saturated carbocycles. The first kappa shape index (κ1) is 14.2. The molecule has 1 heterocycles. The molecule has 6 nitrogen and oxygen atoms in total. The van der Waals surface area contributed by atoms with Crippen LogP contribution >= 0.6 is 0 Å². The maximum absolute atomic E-state index is 9.83. The number of benzene rings is 1. The quantitative estimate of drug-likeness (QED) is 0.572. The smallest absolute Gasteiger partial charge is 0.229 e. The minimum absolute atomic E-state index is 0.474. The number of rotatable bonds is 3. The van der Waals surface area contributed by atoms with Crippen LogP contribution in [0.25, 0.3) is 0 Å². The Morgan fingerprint density at radius 1 is 1.11 bits per heavy atom. The van der Waals surface area contributed by atoms with E-state index in [2.05, 4.69) is 0 Å². The van der Waals surface area contributed by atoms with Crippen LogP contribution < -0.4 is 4.74 Å². The van der Waals surface area contributed by atoms with Gasteiger partial charge in [0.1, 0.15) is 30.2 Å². The lowest BCUT2D eigenvalue weighted by molar-refractivity contribution is -0.277. The highest BCUT2D eigenvalue weighted by molar-refractivity contribution is 5.31. The zero-order valence-corrected chi connectivity index (χ0v) is 10.5. The van der Waals surface area contributed by atoms with E-state index in [9.17, 15) is 15.3 Å². The van der Waals surface area contributed by atoms with Crippen molar-refractivity contribution in [2.45, 2.75) is 37.6 Å². The third-order valence-electron chi connectivity index (χ3n) is 3.19. The summed E-state index contributed by atoms with van der Waals surface area (Å²) in [6.45, 7) is 1.36. The molecular formula is C13H18O6. The zero-order chi connectivity index (χ0) is 14.0. The van der Waals surface area contributed by atoms with E-state index in [1.807, 2.05) is 19.1 Å². The van der Waals surface area contributed by atoms with Crippen LogP contribution in [0.4, 0.5) is 0 Å². The van der Waals surface area contributed by atoms with E-state index in [0.717, 1.165) is 5.56 Å². The molecule has 0 aromatic heterocycles. The first-order chi connectivity index (χ1) is 9.04. The molecule has 2 rings (SSSR count). The summed E-state index contributed by atoms with van der Waals surface area (Å²) in [4.78, 5) is 0. The molecule has 5 atom stereocenters. The topological polar surface area (TPSA) is 99.4 Å². The molecule has 1 aromatic rings. The molecule has 0 unspecified atom stereocenters. The molecule has 0 amide bonds. The van der Waals surface area contributed by atoms with Gasteiger partial charge in [-0.2, -0.15) is 0 Å². The fourth-order valence-corrected chi connectivity index (χ4v) is 1.98. The highest BCUT2D eigenvalue weighted by Crippen LogP contribution is 2.25. The highest BCUT2D eigenvalue weighted by atomic mass is 16.7. The SMILES string of the molecule is Cc1ccccc1O[C@@H]1O[C@@H](CO)[C@@H](O)[C@@H](O)[C@H]1O. The Morgan fingerprint density at radius 3 is 2.42 bits per heavy atom. The predicted molar refractivity (Wildman–Crippen MR) is 65.6 cm³/mol. The van der Waals surface area contributed by atoms with Crippen LogP contribution in [0, 0.1) is 6.92 Å². The van der Waals surface area contributed by atoms with Crippen molar-refractivity contribution >= 4 is 0 Å². The van der Waals surface area contributed by atoms with Gasteiger partial charge in [0.15, 0.2) is 0 Å². The lowest BCUT2D eigenvalue weighted by Gasteiger charge is -2.39. The minimum Gasteiger partial charge on any atom is -0.462 e. The minimum atomic E-state index is -1.43. The molecule has 6 heteroatoms. The van der Waals surface area contributed by atoms with Gasteiger partial charge in [0.25, 0.3) is 0 Å². The standard InChI is InChI=1S/C13H18O6/c1-7-4-2-3-5-8(7)18-13-12(17)11(16)10(15)9(6-14)19-13/h2-5,9-17H,6H2,1H3/t9-,10+,11+,12+,13+/m0/s1. The largest absolute Gasteiger partial charge is 0.462 e. The lowest BCUT2D eigenvalue weighted by Crippen LogP contribution is -2.60. The summed E-state index contributed by atoms with van der Waals surface area (Å²) in [7, 11) is 0. The number of hydrogen-bond acceptors (Lipinski definition) is 6. The number of aryl methyl sites for hydroxylation is 1. The van der Waals surface area contributed by atoms with Crippen LogP contribution in [0.3, 0.4) is 0 Å². The summed E-state index contributed by atoms with van der Waals surface area (Å²) in [6.07, 6.45) is -6.31. The third kappa shape index (κ3) is 2.88. The summed E-state index contributed by atoms with van der Waals surface area (Å²) < 4.78 is 10.8. The molecule has 106 valence electrons. The Kier molecular flexibility index (Phi) is 4.38. The molecular weight excluding hydrogens is 252 g/mol. The molecule has 0 bridgehead atoms. The predicted octanol–water partition coefficient (Wildman–Crippen LogP) is -0.826. The van der Waals surface area contributed by atoms with Crippen LogP contribution in [0.2, 0.25) is 0 Å². The fourth-order valence-electron chi connectivity index (χ4n) is 1.98. The van der Waals surface area contributed by atoms with Gasteiger partial charge in [-0.25, -0.2) is 0 Å². The molecule has 4 N–H and O–H groups in total. The maximum Gasteiger partial charge on any atom is 0.229 e. The van der Waals surface area contributed by atoms with Crippen molar-refractivity contribution in [2.75, 3.05) is 6.61 Å². The van der Waals surface area contributed by atoms with Crippen molar-refractivity contribution in [3.63, 3.8) is 0 Å². The van der Waals surface area contributed by atoms with E-state index in [1.54, 1.807) is 12.1 Å². The second kappa shape index (κ2) is 5.85. The van der Waals surface area contributed by atoms with Crippen molar-refractivity contribution in [2.24, 2.45) is 0 Å². The van der Waals surface area contributed by atoms with Crippen molar-refractivity contribution in [3.8, 4) is 5.75 Å². The zero-order valence-electron chi connectivity index (χ0n) is 10.5. The van der Waals surface area contributed by atoms with E-state index >= 15 is 0 Å². The van der Waals surface area contributed by atoms with E-state index in [0.29, 0.717) is 5.75 Å². The number of aliphatic hydroxyl groups is 4. The molecule has 1 aliphatic rings. The van der Waals surface area contributed by atoms with Gasteiger partial charge in [0, 0.05) is 0 Å². The number of aliphatic hydroxyl groups excluding tert-OH is 4. The van der Waals surface area contributed by atoms with Crippen LogP contribution in [0.15, 0.2) is 24.3 Å². The molecule has 1 aromatic carbocycles. The van der Waals surface area contributed by atoms with Crippen LogP contribution in [-0.4, -0.2) is 57.7 Å². The van der Waals surface area contributed by atoms with E-state index in [1.165, 1.54) is 0 Å². The molecule has 19 heavy (non-hydrogen) atoms. The first-order valence-electron chi connectivity index (χ1n) is 6.07.